The third-order valence-electron chi connectivity index (χ3n) is 6.33. The van der Waals surface area contributed by atoms with Crippen molar-refractivity contribution in [2.75, 3.05) is 26.3 Å². The van der Waals surface area contributed by atoms with Crippen LogP contribution in [0.25, 0.3) is 15.7 Å². The van der Waals surface area contributed by atoms with Crippen LogP contribution in [0.4, 0.5) is 4.79 Å². The maximum absolute atomic E-state index is 13.0. The number of thiophene rings is 1. The van der Waals surface area contributed by atoms with Gasteiger partial charge in [0, 0.05) is 24.2 Å². The van der Waals surface area contributed by atoms with Crippen LogP contribution in [-0.2, 0) is 27.3 Å². The minimum atomic E-state index is -1.08. The van der Waals surface area contributed by atoms with Crippen molar-refractivity contribution in [1.29, 1.82) is 0 Å². The van der Waals surface area contributed by atoms with E-state index >= 15 is 0 Å². The summed E-state index contributed by atoms with van der Waals surface area (Å²) >= 11 is 1.66. The fourth-order valence-corrected chi connectivity index (χ4v) is 5.28. The van der Waals surface area contributed by atoms with Crippen molar-refractivity contribution in [3.63, 3.8) is 0 Å². The van der Waals surface area contributed by atoms with E-state index in [4.69, 9.17) is 15.2 Å². The number of rotatable bonds is 7. The van der Waals surface area contributed by atoms with E-state index in [1.54, 1.807) is 30.1 Å². The molecule has 11 heteroatoms. The molecule has 3 N–H and O–H groups in total. The number of nitrogens with one attached hydrogen (secondary N) is 1. The number of hydrogen-bond donors (Lipinski definition) is 2. The van der Waals surface area contributed by atoms with Crippen LogP contribution in [0.15, 0.2) is 47.8 Å². The van der Waals surface area contributed by atoms with Gasteiger partial charge in [0.25, 0.3) is 0 Å². The van der Waals surface area contributed by atoms with Gasteiger partial charge in [-0.25, -0.2) is 4.79 Å². The Kier molecular flexibility index (Phi) is 7.09. The zero-order chi connectivity index (χ0) is 26.0. The summed E-state index contributed by atoms with van der Waals surface area (Å²) in [5.74, 6) is 0.242. The summed E-state index contributed by atoms with van der Waals surface area (Å²) in [5, 5.41) is 15.1. The number of nitrogens with two attached hydrogens (primary N) is 1. The van der Waals surface area contributed by atoms with Gasteiger partial charge in [-0.05, 0) is 48.4 Å². The molecule has 0 saturated carbocycles. The van der Waals surface area contributed by atoms with Crippen LogP contribution in [-0.4, -0.2) is 63.3 Å². The summed E-state index contributed by atoms with van der Waals surface area (Å²) in [5.41, 5.74) is 7.42. The third-order valence-corrected chi connectivity index (χ3v) is 7.35. The molecule has 0 aliphatic carbocycles. The monoisotopic (exact) mass is 522 g/mol. The number of morpholine rings is 1. The molecule has 0 bridgehead atoms. The Morgan fingerprint density at radius 2 is 1.95 bits per heavy atom. The molecule has 5 rings (SSSR count). The second kappa shape index (κ2) is 10.4. The zero-order valence-electron chi connectivity index (χ0n) is 20.8. The SMILES string of the molecule is CC(C)(N)C(=O)N[C@H](Cc1csc2ccccc12)c1nnc2cccc(COC(=O)N3CCOCC3)n12. The predicted molar refractivity (Wildman–Crippen MR) is 140 cm³/mol. The maximum atomic E-state index is 13.0. The lowest BCUT2D eigenvalue weighted by Crippen LogP contribution is -2.50. The molecule has 1 fully saturated rings. The van der Waals surface area contributed by atoms with Crippen LogP contribution in [0.2, 0.25) is 0 Å². The van der Waals surface area contributed by atoms with Gasteiger partial charge in [-0.3, -0.25) is 9.20 Å². The van der Waals surface area contributed by atoms with Gasteiger partial charge in [0.15, 0.2) is 11.5 Å². The molecule has 1 saturated heterocycles. The summed E-state index contributed by atoms with van der Waals surface area (Å²) in [6, 6.07) is 13.2. The molecule has 2 amide bonds. The number of carbonyl (C=O) groups excluding carboxylic acids is 2. The zero-order valence-corrected chi connectivity index (χ0v) is 21.7. The van der Waals surface area contributed by atoms with Crippen LogP contribution in [0.3, 0.4) is 0 Å². The Labute approximate surface area is 218 Å². The average Bonchev–Trinajstić information content (AvgIpc) is 3.51. The number of nitrogens with zero attached hydrogens (tertiary/aromatic N) is 4. The first-order chi connectivity index (χ1) is 17.8. The van der Waals surface area contributed by atoms with Crippen molar-refractivity contribution >= 4 is 39.1 Å². The van der Waals surface area contributed by atoms with E-state index in [9.17, 15) is 9.59 Å². The van der Waals surface area contributed by atoms with E-state index in [1.165, 1.54) is 4.70 Å². The number of carbonyl (C=O) groups is 2. The Morgan fingerprint density at radius 1 is 1.16 bits per heavy atom. The minimum absolute atomic E-state index is 0.0308. The summed E-state index contributed by atoms with van der Waals surface area (Å²) in [7, 11) is 0. The number of ether oxygens (including phenoxy) is 2. The standard InChI is InChI=1S/C26H30N6O4S/c1-26(2,27)24(33)28-20(14-17-16-37-21-8-4-3-7-19(17)21)23-30-29-22-9-5-6-18(32(22)23)15-36-25(34)31-10-12-35-13-11-31/h3-9,16,20H,10-15,27H2,1-2H3,(H,28,33)/t20-/m1/s1. The molecule has 0 unspecified atom stereocenters. The highest BCUT2D eigenvalue weighted by Gasteiger charge is 2.29. The first-order valence-electron chi connectivity index (χ1n) is 12.2. The molecule has 0 spiro atoms. The van der Waals surface area contributed by atoms with E-state index < -0.39 is 17.7 Å². The molecule has 194 valence electrons. The van der Waals surface area contributed by atoms with Crippen molar-refractivity contribution in [3.05, 3.63) is 64.9 Å². The van der Waals surface area contributed by atoms with E-state index in [2.05, 4.69) is 33.0 Å². The van der Waals surface area contributed by atoms with Crippen LogP contribution < -0.4 is 11.1 Å². The fraction of sp³-hybridized carbons (Fsp3) is 0.385. The molecule has 1 aromatic carbocycles. The first-order valence-corrected chi connectivity index (χ1v) is 13.1. The molecule has 1 aliphatic rings. The maximum Gasteiger partial charge on any atom is 0.410 e. The van der Waals surface area contributed by atoms with Gasteiger partial charge in [-0.1, -0.05) is 24.3 Å². The van der Waals surface area contributed by atoms with E-state index in [-0.39, 0.29) is 12.5 Å². The lowest BCUT2D eigenvalue weighted by Gasteiger charge is -2.26. The second-order valence-electron chi connectivity index (χ2n) is 9.63. The van der Waals surface area contributed by atoms with Gasteiger partial charge in [-0.2, -0.15) is 0 Å². The van der Waals surface area contributed by atoms with E-state index in [1.807, 2.05) is 34.7 Å². The number of amides is 2. The predicted octanol–water partition coefficient (Wildman–Crippen LogP) is 3.05. The molecule has 1 atom stereocenters. The Hall–Kier alpha value is -3.54. The molecular weight excluding hydrogens is 492 g/mol. The number of pyridine rings is 1. The number of fused-ring (bicyclic) bond motifs is 2. The largest absolute Gasteiger partial charge is 0.443 e. The Balaban J connectivity index is 1.47. The molecule has 37 heavy (non-hydrogen) atoms. The van der Waals surface area contributed by atoms with E-state index in [0.717, 1.165) is 10.9 Å². The average molecular weight is 523 g/mol. The van der Waals surface area contributed by atoms with Crippen molar-refractivity contribution in [2.24, 2.45) is 5.73 Å². The number of aromatic nitrogens is 3. The van der Waals surface area contributed by atoms with E-state index in [0.29, 0.717) is 49.9 Å². The second-order valence-corrected chi connectivity index (χ2v) is 10.5. The first kappa shape index (κ1) is 25.1. The van der Waals surface area contributed by atoms with Gasteiger partial charge in [0.1, 0.15) is 6.61 Å². The van der Waals surface area contributed by atoms with Crippen molar-refractivity contribution in [1.82, 2.24) is 24.8 Å². The molecular formula is C26H30N6O4S. The molecule has 4 heterocycles. The number of benzene rings is 1. The van der Waals surface area contributed by atoms with Crippen molar-refractivity contribution in [3.8, 4) is 0 Å². The summed E-state index contributed by atoms with van der Waals surface area (Å²) < 4.78 is 14.0. The summed E-state index contributed by atoms with van der Waals surface area (Å²) in [6.07, 6.45) is 0.101. The normalized spacial score (nSPS) is 15.2. The van der Waals surface area contributed by atoms with Crippen LogP contribution >= 0.6 is 11.3 Å². The van der Waals surface area contributed by atoms with Gasteiger partial charge in [0.2, 0.25) is 5.91 Å². The lowest BCUT2D eigenvalue weighted by atomic mass is 10.0. The minimum Gasteiger partial charge on any atom is -0.443 e. The lowest BCUT2D eigenvalue weighted by molar-refractivity contribution is -0.126. The Bertz CT molecular complexity index is 1420. The van der Waals surface area contributed by atoms with Crippen molar-refractivity contribution in [2.45, 2.75) is 38.5 Å². The van der Waals surface area contributed by atoms with Crippen LogP contribution in [0, 0.1) is 0 Å². The fourth-order valence-electron chi connectivity index (χ4n) is 4.30. The highest BCUT2D eigenvalue weighted by atomic mass is 32.1. The van der Waals surface area contributed by atoms with Gasteiger partial charge < -0.3 is 25.4 Å². The van der Waals surface area contributed by atoms with Gasteiger partial charge in [-0.15, -0.1) is 21.5 Å². The smallest absolute Gasteiger partial charge is 0.410 e. The quantitative estimate of drug-likeness (QED) is 0.382. The topological polar surface area (TPSA) is 124 Å². The molecule has 4 aromatic rings. The van der Waals surface area contributed by atoms with Crippen LogP contribution in [0.5, 0.6) is 0 Å². The molecule has 0 radical (unpaired) electrons. The van der Waals surface area contributed by atoms with Crippen molar-refractivity contribution < 1.29 is 19.1 Å². The van der Waals surface area contributed by atoms with Gasteiger partial charge >= 0.3 is 6.09 Å². The summed E-state index contributed by atoms with van der Waals surface area (Å²) in [6.45, 7) is 5.35. The molecule has 1 aliphatic heterocycles. The highest BCUT2D eigenvalue weighted by molar-refractivity contribution is 7.17. The Morgan fingerprint density at radius 3 is 2.73 bits per heavy atom. The van der Waals surface area contributed by atoms with Crippen LogP contribution in [0.1, 0.15) is 37.0 Å². The highest BCUT2D eigenvalue weighted by Crippen LogP contribution is 2.30. The number of hydrogen-bond acceptors (Lipinski definition) is 8. The molecule has 3 aromatic heterocycles. The molecule has 10 nitrogen and oxygen atoms in total. The summed E-state index contributed by atoms with van der Waals surface area (Å²) in [4.78, 5) is 27.2. The third kappa shape index (κ3) is 5.43. The van der Waals surface area contributed by atoms with Gasteiger partial charge in [0.05, 0.1) is 30.5 Å².